The normalized spacial score (nSPS) is 10.6. The Balaban J connectivity index is 1.96. The molecule has 0 radical (unpaired) electrons. The minimum absolute atomic E-state index is 0.183. The van der Waals surface area contributed by atoms with Gasteiger partial charge in [-0.2, -0.15) is 0 Å². The van der Waals surface area contributed by atoms with E-state index in [1.165, 1.54) is 6.08 Å². The van der Waals surface area contributed by atoms with Crippen LogP contribution in [0.5, 0.6) is 11.5 Å². The van der Waals surface area contributed by atoms with Gasteiger partial charge >= 0.3 is 0 Å². The molecule has 2 aromatic rings. The number of amides is 1. The highest BCUT2D eigenvalue weighted by Gasteiger charge is 2.03. The Hall–Kier alpha value is -2.46. The predicted molar refractivity (Wildman–Crippen MR) is 91.9 cm³/mol. The Kier molecular flexibility index (Phi) is 6.06. The molecule has 2 rings (SSSR count). The van der Waals surface area contributed by atoms with E-state index >= 15 is 0 Å². The summed E-state index contributed by atoms with van der Waals surface area (Å²) < 4.78 is 10.4. The number of methoxy groups -OCH3 is 2. The van der Waals surface area contributed by atoms with E-state index in [-0.39, 0.29) is 5.91 Å². The van der Waals surface area contributed by atoms with E-state index in [0.717, 1.165) is 11.1 Å². The maximum atomic E-state index is 11.9. The summed E-state index contributed by atoms with van der Waals surface area (Å²) in [6, 6.07) is 12.7. The molecular weight excluding hydrogens is 314 g/mol. The fourth-order valence-electron chi connectivity index (χ4n) is 1.97. The van der Waals surface area contributed by atoms with Crippen LogP contribution in [0.3, 0.4) is 0 Å². The van der Waals surface area contributed by atoms with E-state index < -0.39 is 0 Å². The highest BCUT2D eigenvalue weighted by Crippen LogP contribution is 2.25. The monoisotopic (exact) mass is 331 g/mol. The van der Waals surface area contributed by atoms with Crippen LogP contribution >= 0.6 is 11.6 Å². The lowest BCUT2D eigenvalue weighted by atomic mass is 10.1. The highest BCUT2D eigenvalue weighted by atomic mass is 35.5. The molecule has 0 aliphatic heterocycles. The van der Waals surface area contributed by atoms with E-state index in [2.05, 4.69) is 5.32 Å². The predicted octanol–water partition coefficient (Wildman–Crippen LogP) is 3.69. The van der Waals surface area contributed by atoms with Crippen LogP contribution in [-0.2, 0) is 11.3 Å². The fraction of sp³-hybridized carbons (Fsp3) is 0.167. The second kappa shape index (κ2) is 8.25. The Labute approximate surface area is 140 Å². The minimum atomic E-state index is -0.183. The summed E-state index contributed by atoms with van der Waals surface area (Å²) in [6.45, 7) is 0.445. The molecule has 0 saturated carbocycles. The van der Waals surface area contributed by atoms with E-state index in [0.29, 0.717) is 23.1 Å². The molecular formula is C18H18ClNO3. The lowest BCUT2D eigenvalue weighted by Crippen LogP contribution is -2.20. The van der Waals surface area contributed by atoms with Crippen LogP contribution in [0.4, 0.5) is 0 Å². The Bertz CT molecular complexity index is 696. The third-order valence-electron chi connectivity index (χ3n) is 3.23. The van der Waals surface area contributed by atoms with Crippen molar-refractivity contribution in [2.75, 3.05) is 14.2 Å². The maximum Gasteiger partial charge on any atom is 0.244 e. The topological polar surface area (TPSA) is 47.6 Å². The van der Waals surface area contributed by atoms with E-state index in [9.17, 15) is 4.79 Å². The van der Waals surface area contributed by atoms with Crippen LogP contribution in [0.1, 0.15) is 11.1 Å². The molecule has 0 atom stereocenters. The second-order valence-corrected chi connectivity index (χ2v) is 5.22. The molecule has 0 aliphatic rings. The molecule has 2 aromatic carbocycles. The zero-order chi connectivity index (χ0) is 16.7. The number of benzene rings is 2. The lowest BCUT2D eigenvalue weighted by molar-refractivity contribution is -0.116. The van der Waals surface area contributed by atoms with Gasteiger partial charge in [-0.15, -0.1) is 0 Å². The number of rotatable bonds is 6. The summed E-state index contributed by atoms with van der Waals surface area (Å²) in [6.07, 6.45) is 3.18. The molecule has 0 fully saturated rings. The number of halogens is 1. The standard InChI is InChI=1S/C18H18ClNO3/c1-22-16-9-5-14(17(11-16)23-2)6-10-18(21)20-12-13-3-7-15(19)8-4-13/h3-11H,12H2,1-2H3,(H,20,21)/b10-6+. The largest absolute Gasteiger partial charge is 0.497 e. The summed E-state index contributed by atoms with van der Waals surface area (Å²) in [4.78, 5) is 11.9. The first kappa shape index (κ1) is 16.9. The molecule has 0 saturated heterocycles. The van der Waals surface area contributed by atoms with Crippen molar-refractivity contribution in [3.05, 3.63) is 64.7 Å². The number of hydrogen-bond donors (Lipinski definition) is 1. The molecule has 0 heterocycles. The molecule has 0 aliphatic carbocycles. The molecule has 0 spiro atoms. The van der Waals surface area contributed by atoms with Crippen molar-refractivity contribution in [3.63, 3.8) is 0 Å². The first-order valence-corrected chi connectivity index (χ1v) is 7.42. The van der Waals surface area contributed by atoms with Gasteiger partial charge in [-0.1, -0.05) is 23.7 Å². The summed E-state index contributed by atoms with van der Waals surface area (Å²) in [5.74, 6) is 1.16. The van der Waals surface area contributed by atoms with Crippen LogP contribution in [0, 0.1) is 0 Å². The van der Waals surface area contributed by atoms with Gasteiger partial charge in [0.2, 0.25) is 5.91 Å². The van der Waals surface area contributed by atoms with Crippen LogP contribution < -0.4 is 14.8 Å². The molecule has 1 amide bonds. The Morgan fingerprint density at radius 1 is 1.13 bits per heavy atom. The average Bonchev–Trinajstić information content (AvgIpc) is 2.59. The van der Waals surface area contributed by atoms with Gasteiger partial charge in [0.05, 0.1) is 14.2 Å². The first-order chi connectivity index (χ1) is 11.1. The number of carbonyl (C=O) groups excluding carboxylic acids is 1. The zero-order valence-corrected chi connectivity index (χ0v) is 13.8. The van der Waals surface area contributed by atoms with Crippen molar-refractivity contribution in [3.8, 4) is 11.5 Å². The smallest absolute Gasteiger partial charge is 0.244 e. The van der Waals surface area contributed by atoms with Crippen LogP contribution in [0.2, 0.25) is 5.02 Å². The number of hydrogen-bond acceptors (Lipinski definition) is 3. The quantitative estimate of drug-likeness (QED) is 0.821. The third kappa shape index (κ3) is 5.04. The third-order valence-corrected chi connectivity index (χ3v) is 3.49. The molecule has 0 bridgehead atoms. The Morgan fingerprint density at radius 2 is 1.87 bits per heavy atom. The average molecular weight is 332 g/mol. The van der Waals surface area contributed by atoms with Crippen molar-refractivity contribution in [1.29, 1.82) is 0 Å². The van der Waals surface area contributed by atoms with Gasteiger partial charge in [-0.05, 0) is 35.9 Å². The molecule has 4 nitrogen and oxygen atoms in total. The Morgan fingerprint density at radius 3 is 2.52 bits per heavy atom. The van der Waals surface area contributed by atoms with Crippen LogP contribution in [-0.4, -0.2) is 20.1 Å². The molecule has 120 valence electrons. The van der Waals surface area contributed by atoms with Gasteiger partial charge < -0.3 is 14.8 Å². The van der Waals surface area contributed by atoms with Gasteiger partial charge in [0.1, 0.15) is 11.5 Å². The van der Waals surface area contributed by atoms with E-state index in [1.807, 2.05) is 24.3 Å². The van der Waals surface area contributed by atoms with Crippen LogP contribution in [0.15, 0.2) is 48.5 Å². The van der Waals surface area contributed by atoms with Crippen molar-refractivity contribution >= 4 is 23.6 Å². The molecule has 1 N–H and O–H groups in total. The number of nitrogens with one attached hydrogen (secondary N) is 1. The SMILES string of the molecule is COc1ccc(/C=C/C(=O)NCc2ccc(Cl)cc2)c(OC)c1. The first-order valence-electron chi connectivity index (χ1n) is 7.05. The van der Waals surface area contributed by atoms with Crippen LogP contribution in [0.25, 0.3) is 6.08 Å². The lowest BCUT2D eigenvalue weighted by Gasteiger charge is -2.07. The van der Waals surface area contributed by atoms with Gasteiger partial charge in [-0.3, -0.25) is 4.79 Å². The molecule has 0 unspecified atom stereocenters. The van der Waals surface area contributed by atoms with Crippen molar-refractivity contribution in [2.24, 2.45) is 0 Å². The highest BCUT2D eigenvalue weighted by molar-refractivity contribution is 6.30. The summed E-state index contributed by atoms with van der Waals surface area (Å²) >= 11 is 5.82. The van der Waals surface area contributed by atoms with Gasteiger partial charge in [0, 0.05) is 29.3 Å². The number of carbonyl (C=O) groups is 1. The van der Waals surface area contributed by atoms with Gasteiger partial charge in [0.25, 0.3) is 0 Å². The van der Waals surface area contributed by atoms with Crippen molar-refractivity contribution < 1.29 is 14.3 Å². The second-order valence-electron chi connectivity index (χ2n) is 4.79. The molecule has 23 heavy (non-hydrogen) atoms. The minimum Gasteiger partial charge on any atom is -0.497 e. The van der Waals surface area contributed by atoms with Gasteiger partial charge in [0.15, 0.2) is 0 Å². The zero-order valence-electron chi connectivity index (χ0n) is 13.0. The fourth-order valence-corrected chi connectivity index (χ4v) is 2.10. The summed E-state index contributed by atoms with van der Waals surface area (Å²) in [5, 5.41) is 3.49. The summed E-state index contributed by atoms with van der Waals surface area (Å²) in [5.41, 5.74) is 1.79. The van der Waals surface area contributed by atoms with Gasteiger partial charge in [-0.25, -0.2) is 0 Å². The van der Waals surface area contributed by atoms with E-state index in [1.54, 1.807) is 38.5 Å². The van der Waals surface area contributed by atoms with Crippen molar-refractivity contribution in [1.82, 2.24) is 5.32 Å². The summed E-state index contributed by atoms with van der Waals surface area (Å²) in [7, 11) is 3.17. The number of ether oxygens (including phenoxy) is 2. The molecule has 5 heteroatoms. The maximum absolute atomic E-state index is 11.9. The van der Waals surface area contributed by atoms with E-state index in [4.69, 9.17) is 21.1 Å². The van der Waals surface area contributed by atoms with Crippen molar-refractivity contribution in [2.45, 2.75) is 6.54 Å². The molecule has 0 aromatic heterocycles.